The highest BCUT2D eigenvalue weighted by atomic mass is 79.9. The summed E-state index contributed by atoms with van der Waals surface area (Å²) in [5.41, 5.74) is 0.565. The second-order valence-electron chi connectivity index (χ2n) is 4.18. The Labute approximate surface area is 127 Å². The fourth-order valence-electron chi connectivity index (χ4n) is 1.76. The number of nitrogens with one attached hydrogen (secondary N) is 2. The molecule has 1 atom stereocenters. The monoisotopic (exact) mass is 348 g/mol. The summed E-state index contributed by atoms with van der Waals surface area (Å²) in [7, 11) is 1.55. The number of anilines is 1. The molecular weight excluding hydrogens is 332 g/mol. The minimum atomic E-state index is -0.0825. The van der Waals surface area contributed by atoms with E-state index in [-0.39, 0.29) is 11.9 Å². The number of halogens is 2. The molecule has 0 spiro atoms. The van der Waals surface area contributed by atoms with Crippen molar-refractivity contribution in [2.75, 3.05) is 19.0 Å². The summed E-state index contributed by atoms with van der Waals surface area (Å²) >= 11 is 9.32. The van der Waals surface area contributed by atoms with E-state index in [1.165, 1.54) is 0 Å². The van der Waals surface area contributed by atoms with E-state index in [9.17, 15) is 4.79 Å². The molecule has 0 aromatic heterocycles. The Kier molecular flexibility index (Phi) is 6.62. The predicted octanol–water partition coefficient (Wildman–Crippen LogP) is 3.44. The molecule has 0 bridgehead atoms. The van der Waals surface area contributed by atoms with E-state index in [1.807, 2.05) is 13.8 Å². The molecule has 4 nitrogen and oxygen atoms in total. The van der Waals surface area contributed by atoms with E-state index >= 15 is 0 Å². The average Bonchev–Trinajstić information content (AvgIpc) is 2.28. The molecule has 0 saturated heterocycles. The molecule has 1 aromatic carbocycles. The van der Waals surface area contributed by atoms with Crippen LogP contribution in [0.3, 0.4) is 0 Å². The quantitative estimate of drug-likeness (QED) is 0.827. The van der Waals surface area contributed by atoms with Crippen molar-refractivity contribution >= 4 is 39.1 Å². The van der Waals surface area contributed by atoms with Crippen molar-refractivity contribution in [2.24, 2.45) is 0 Å². The lowest BCUT2D eigenvalue weighted by molar-refractivity contribution is -0.116. The number of carbonyl (C=O) groups is 1. The topological polar surface area (TPSA) is 50.4 Å². The standard InChI is InChI=1S/C13H18BrClN2O2/c1-4-16-8(2)5-12(18)17-11-7-9(15)6-10(14)13(11)19-3/h6-8,16H,4-5H2,1-3H3,(H,17,18). The summed E-state index contributed by atoms with van der Waals surface area (Å²) in [6.45, 7) is 4.81. The van der Waals surface area contributed by atoms with Crippen LogP contribution in [0.5, 0.6) is 5.75 Å². The van der Waals surface area contributed by atoms with Gasteiger partial charge in [-0.1, -0.05) is 18.5 Å². The van der Waals surface area contributed by atoms with Gasteiger partial charge in [0.25, 0.3) is 0 Å². The Hall–Kier alpha value is -0.780. The normalized spacial score (nSPS) is 12.1. The van der Waals surface area contributed by atoms with Crippen molar-refractivity contribution in [3.63, 3.8) is 0 Å². The number of carbonyl (C=O) groups excluding carboxylic acids is 1. The zero-order valence-electron chi connectivity index (χ0n) is 11.2. The van der Waals surface area contributed by atoms with Crippen LogP contribution < -0.4 is 15.4 Å². The van der Waals surface area contributed by atoms with Crippen LogP contribution in [0, 0.1) is 0 Å². The summed E-state index contributed by atoms with van der Waals surface area (Å²) in [4.78, 5) is 11.9. The summed E-state index contributed by atoms with van der Waals surface area (Å²) < 4.78 is 5.95. The highest BCUT2D eigenvalue weighted by Gasteiger charge is 2.14. The molecule has 1 unspecified atom stereocenters. The van der Waals surface area contributed by atoms with Gasteiger partial charge >= 0.3 is 0 Å². The van der Waals surface area contributed by atoms with Crippen LogP contribution in [0.4, 0.5) is 5.69 Å². The second-order valence-corrected chi connectivity index (χ2v) is 5.47. The number of amides is 1. The van der Waals surface area contributed by atoms with E-state index in [4.69, 9.17) is 16.3 Å². The molecule has 2 N–H and O–H groups in total. The van der Waals surface area contributed by atoms with Crippen LogP contribution in [0.1, 0.15) is 20.3 Å². The summed E-state index contributed by atoms with van der Waals surface area (Å²) in [6, 6.07) is 3.51. The predicted molar refractivity (Wildman–Crippen MR) is 82.1 cm³/mol. The largest absolute Gasteiger partial charge is 0.493 e. The molecule has 0 fully saturated rings. The molecule has 1 aromatic rings. The number of methoxy groups -OCH3 is 1. The first-order chi connectivity index (χ1) is 8.97. The number of benzene rings is 1. The van der Waals surface area contributed by atoms with Crippen LogP contribution in [0.25, 0.3) is 0 Å². The van der Waals surface area contributed by atoms with Crippen molar-refractivity contribution in [1.82, 2.24) is 5.32 Å². The maximum absolute atomic E-state index is 11.9. The van der Waals surface area contributed by atoms with Gasteiger partial charge in [-0.15, -0.1) is 0 Å². The van der Waals surface area contributed by atoms with E-state index in [1.54, 1.807) is 19.2 Å². The molecule has 106 valence electrons. The Morgan fingerprint density at radius 2 is 2.21 bits per heavy atom. The molecule has 0 saturated carbocycles. The van der Waals surface area contributed by atoms with Crippen LogP contribution in [0.15, 0.2) is 16.6 Å². The van der Waals surface area contributed by atoms with E-state index in [0.717, 1.165) is 6.54 Å². The van der Waals surface area contributed by atoms with Gasteiger partial charge in [0, 0.05) is 17.5 Å². The van der Waals surface area contributed by atoms with Gasteiger partial charge in [0.05, 0.1) is 17.3 Å². The van der Waals surface area contributed by atoms with Crippen molar-refractivity contribution < 1.29 is 9.53 Å². The number of hydrogen-bond acceptors (Lipinski definition) is 3. The lowest BCUT2D eigenvalue weighted by Crippen LogP contribution is -2.30. The first-order valence-corrected chi connectivity index (χ1v) is 7.21. The van der Waals surface area contributed by atoms with Gasteiger partial charge in [-0.05, 0) is 41.5 Å². The molecule has 19 heavy (non-hydrogen) atoms. The Balaban J connectivity index is 2.78. The number of rotatable bonds is 6. The SMILES string of the molecule is CCNC(C)CC(=O)Nc1cc(Cl)cc(Br)c1OC. The third-order valence-electron chi connectivity index (χ3n) is 2.53. The molecule has 6 heteroatoms. The third kappa shape index (κ3) is 5.01. The Bertz CT molecular complexity index is 455. The first kappa shape index (κ1) is 16.3. The lowest BCUT2D eigenvalue weighted by Gasteiger charge is -2.15. The summed E-state index contributed by atoms with van der Waals surface area (Å²) in [5, 5.41) is 6.53. The molecule has 1 rings (SSSR count). The van der Waals surface area contributed by atoms with Gasteiger partial charge in [0.2, 0.25) is 5.91 Å². The molecular formula is C13H18BrClN2O2. The van der Waals surface area contributed by atoms with Crippen LogP contribution in [0.2, 0.25) is 5.02 Å². The minimum absolute atomic E-state index is 0.0825. The fraction of sp³-hybridized carbons (Fsp3) is 0.462. The summed E-state index contributed by atoms with van der Waals surface area (Å²) in [6.07, 6.45) is 0.390. The molecule has 0 radical (unpaired) electrons. The zero-order chi connectivity index (χ0) is 14.4. The van der Waals surface area contributed by atoms with Crippen molar-refractivity contribution in [2.45, 2.75) is 26.3 Å². The van der Waals surface area contributed by atoms with E-state index < -0.39 is 0 Å². The Morgan fingerprint density at radius 3 is 2.79 bits per heavy atom. The van der Waals surface area contributed by atoms with Crippen LogP contribution >= 0.6 is 27.5 Å². The molecule has 1 amide bonds. The van der Waals surface area contributed by atoms with Crippen molar-refractivity contribution in [3.8, 4) is 5.75 Å². The van der Waals surface area contributed by atoms with Crippen LogP contribution in [-0.4, -0.2) is 25.6 Å². The molecule has 0 aliphatic heterocycles. The van der Waals surface area contributed by atoms with Gasteiger partial charge in [0.15, 0.2) is 5.75 Å². The summed E-state index contributed by atoms with van der Waals surface area (Å²) in [5.74, 6) is 0.481. The number of ether oxygens (including phenoxy) is 1. The minimum Gasteiger partial charge on any atom is -0.493 e. The molecule has 0 aliphatic carbocycles. The lowest BCUT2D eigenvalue weighted by atomic mass is 10.2. The first-order valence-electron chi connectivity index (χ1n) is 6.04. The van der Waals surface area contributed by atoms with E-state index in [0.29, 0.717) is 27.4 Å². The van der Waals surface area contributed by atoms with Gasteiger partial charge < -0.3 is 15.4 Å². The van der Waals surface area contributed by atoms with Crippen LogP contribution in [-0.2, 0) is 4.79 Å². The maximum atomic E-state index is 11.9. The van der Waals surface area contributed by atoms with Gasteiger partial charge in [-0.3, -0.25) is 4.79 Å². The smallest absolute Gasteiger partial charge is 0.226 e. The fourth-order valence-corrected chi connectivity index (χ4v) is 2.73. The van der Waals surface area contributed by atoms with E-state index in [2.05, 4.69) is 26.6 Å². The molecule has 0 aliphatic rings. The maximum Gasteiger partial charge on any atom is 0.226 e. The average molecular weight is 350 g/mol. The van der Waals surface area contributed by atoms with Crippen molar-refractivity contribution in [1.29, 1.82) is 0 Å². The van der Waals surface area contributed by atoms with Gasteiger partial charge in [-0.25, -0.2) is 0 Å². The number of hydrogen-bond donors (Lipinski definition) is 2. The highest BCUT2D eigenvalue weighted by molar-refractivity contribution is 9.10. The third-order valence-corrected chi connectivity index (χ3v) is 3.34. The molecule has 0 heterocycles. The van der Waals surface area contributed by atoms with Crippen molar-refractivity contribution in [3.05, 3.63) is 21.6 Å². The van der Waals surface area contributed by atoms with Gasteiger partial charge in [0.1, 0.15) is 0 Å². The van der Waals surface area contributed by atoms with Gasteiger partial charge in [-0.2, -0.15) is 0 Å². The Morgan fingerprint density at radius 1 is 1.53 bits per heavy atom. The zero-order valence-corrected chi connectivity index (χ0v) is 13.6. The highest BCUT2D eigenvalue weighted by Crippen LogP contribution is 2.36. The second kappa shape index (κ2) is 7.72.